The number of hydrogen-bond acceptors (Lipinski definition) is 1. The first-order valence-corrected chi connectivity index (χ1v) is 7.34. The van der Waals surface area contributed by atoms with Crippen LogP contribution in [0.2, 0.25) is 0 Å². The van der Waals surface area contributed by atoms with Gasteiger partial charge in [-0.2, -0.15) is 0 Å². The Hall–Kier alpha value is -0.300. The molecule has 0 aromatic heterocycles. The van der Waals surface area contributed by atoms with E-state index in [1.54, 1.807) is 5.57 Å². The van der Waals surface area contributed by atoms with Crippen LogP contribution in [0.25, 0.3) is 0 Å². The SMILES string of the molecule is CCCNC(C1=CCCCCCC1)C1CC1. The van der Waals surface area contributed by atoms with Crippen molar-refractivity contribution in [3.63, 3.8) is 0 Å². The highest BCUT2D eigenvalue weighted by molar-refractivity contribution is 5.15. The standard InChI is InChI=1S/C15H27N/c1-2-12-16-15(14-10-11-14)13-8-6-4-3-5-7-9-13/h8,14-16H,2-7,9-12H2,1H3. The second kappa shape index (κ2) is 6.44. The van der Waals surface area contributed by atoms with Crippen molar-refractivity contribution in [2.75, 3.05) is 6.54 Å². The van der Waals surface area contributed by atoms with E-state index >= 15 is 0 Å². The smallest absolute Gasteiger partial charge is 0.0307 e. The molecule has 92 valence electrons. The predicted octanol–water partition coefficient (Wildman–Crippen LogP) is 4.05. The van der Waals surface area contributed by atoms with Crippen LogP contribution in [0.5, 0.6) is 0 Å². The maximum atomic E-state index is 3.78. The lowest BCUT2D eigenvalue weighted by Crippen LogP contribution is -2.33. The fourth-order valence-corrected chi connectivity index (χ4v) is 2.83. The third-order valence-corrected chi connectivity index (χ3v) is 3.93. The second-order valence-electron chi connectivity index (χ2n) is 5.50. The van der Waals surface area contributed by atoms with Gasteiger partial charge in [0.2, 0.25) is 0 Å². The normalized spacial score (nSPS) is 24.4. The van der Waals surface area contributed by atoms with Gasteiger partial charge in [0, 0.05) is 6.04 Å². The van der Waals surface area contributed by atoms with Crippen LogP contribution in [0.15, 0.2) is 11.6 Å². The summed E-state index contributed by atoms with van der Waals surface area (Å²) >= 11 is 0. The summed E-state index contributed by atoms with van der Waals surface area (Å²) in [6.07, 6.45) is 15.1. The highest BCUT2D eigenvalue weighted by Crippen LogP contribution is 2.37. The number of rotatable bonds is 5. The number of allylic oxidation sites excluding steroid dienone is 1. The minimum absolute atomic E-state index is 0.734. The lowest BCUT2D eigenvalue weighted by molar-refractivity contribution is 0.486. The lowest BCUT2D eigenvalue weighted by Gasteiger charge is -2.23. The number of nitrogens with one attached hydrogen (secondary N) is 1. The summed E-state index contributed by atoms with van der Waals surface area (Å²) in [5, 5.41) is 3.78. The van der Waals surface area contributed by atoms with Gasteiger partial charge < -0.3 is 5.32 Å². The van der Waals surface area contributed by atoms with Crippen molar-refractivity contribution < 1.29 is 0 Å². The summed E-state index contributed by atoms with van der Waals surface area (Å²) in [7, 11) is 0. The van der Waals surface area contributed by atoms with E-state index < -0.39 is 0 Å². The van der Waals surface area contributed by atoms with Gasteiger partial charge in [0.1, 0.15) is 0 Å². The maximum Gasteiger partial charge on any atom is 0.0307 e. The molecular formula is C15H27N. The molecule has 1 atom stereocenters. The molecule has 16 heavy (non-hydrogen) atoms. The fourth-order valence-electron chi connectivity index (χ4n) is 2.83. The Labute approximate surface area is 101 Å². The van der Waals surface area contributed by atoms with Gasteiger partial charge >= 0.3 is 0 Å². The minimum Gasteiger partial charge on any atom is -0.310 e. The van der Waals surface area contributed by atoms with Gasteiger partial charge in [-0.15, -0.1) is 0 Å². The van der Waals surface area contributed by atoms with E-state index in [1.165, 1.54) is 64.3 Å². The van der Waals surface area contributed by atoms with Gasteiger partial charge in [0.25, 0.3) is 0 Å². The first-order valence-electron chi connectivity index (χ1n) is 7.34. The van der Waals surface area contributed by atoms with Gasteiger partial charge in [0.15, 0.2) is 0 Å². The van der Waals surface area contributed by atoms with Gasteiger partial charge in [-0.1, -0.05) is 31.4 Å². The predicted molar refractivity (Wildman–Crippen MR) is 70.6 cm³/mol. The third-order valence-electron chi connectivity index (χ3n) is 3.93. The van der Waals surface area contributed by atoms with E-state index in [-0.39, 0.29) is 0 Å². The quantitative estimate of drug-likeness (QED) is 0.691. The molecule has 0 heterocycles. The molecule has 1 N–H and O–H groups in total. The first kappa shape index (κ1) is 12.2. The monoisotopic (exact) mass is 221 g/mol. The summed E-state index contributed by atoms with van der Waals surface area (Å²) in [4.78, 5) is 0. The Morgan fingerprint density at radius 3 is 2.81 bits per heavy atom. The van der Waals surface area contributed by atoms with Crippen LogP contribution in [-0.2, 0) is 0 Å². The molecule has 0 bridgehead atoms. The molecule has 0 amide bonds. The van der Waals surface area contributed by atoms with Crippen LogP contribution in [0.4, 0.5) is 0 Å². The average Bonchev–Trinajstić information content (AvgIpc) is 3.04. The Kier molecular flexibility index (Phi) is 4.90. The largest absolute Gasteiger partial charge is 0.310 e. The first-order chi connectivity index (χ1) is 7.92. The van der Waals surface area contributed by atoms with Crippen molar-refractivity contribution in [2.45, 2.75) is 70.8 Å². The zero-order chi connectivity index (χ0) is 11.2. The van der Waals surface area contributed by atoms with Crippen LogP contribution >= 0.6 is 0 Å². The molecule has 0 aliphatic heterocycles. The lowest BCUT2D eigenvalue weighted by atomic mass is 9.92. The van der Waals surface area contributed by atoms with Crippen LogP contribution < -0.4 is 5.32 Å². The van der Waals surface area contributed by atoms with E-state index in [0.717, 1.165) is 12.0 Å². The fraction of sp³-hybridized carbons (Fsp3) is 0.867. The molecule has 2 aliphatic carbocycles. The summed E-state index contributed by atoms with van der Waals surface area (Å²) in [6, 6.07) is 0.734. The van der Waals surface area contributed by atoms with Crippen molar-refractivity contribution in [3.8, 4) is 0 Å². The molecule has 1 nitrogen and oxygen atoms in total. The molecule has 0 radical (unpaired) electrons. The van der Waals surface area contributed by atoms with E-state index in [0.29, 0.717) is 0 Å². The summed E-state index contributed by atoms with van der Waals surface area (Å²) in [5.74, 6) is 0.970. The van der Waals surface area contributed by atoms with E-state index in [9.17, 15) is 0 Å². The molecule has 1 fully saturated rings. The molecule has 0 aromatic carbocycles. The zero-order valence-corrected chi connectivity index (χ0v) is 10.8. The van der Waals surface area contributed by atoms with Crippen molar-refractivity contribution in [3.05, 3.63) is 11.6 Å². The van der Waals surface area contributed by atoms with E-state index in [1.807, 2.05) is 0 Å². The van der Waals surface area contributed by atoms with Gasteiger partial charge in [-0.05, 0) is 57.4 Å². The van der Waals surface area contributed by atoms with Crippen molar-refractivity contribution in [1.82, 2.24) is 5.32 Å². The molecule has 1 heteroatoms. The Balaban J connectivity index is 1.93. The van der Waals surface area contributed by atoms with Gasteiger partial charge in [-0.25, -0.2) is 0 Å². The maximum absolute atomic E-state index is 3.78. The van der Waals surface area contributed by atoms with Gasteiger partial charge in [-0.3, -0.25) is 0 Å². The Morgan fingerprint density at radius 1 is 1.25 bits per heavy atom. The number of hydrogen-bond donors (Lipinski definition) is 1. The van der Waals surface area contributed by atoms with Crippen LogP contribution in [0.1, 0.15) is 64.7 Å². The Bertz CT molecular complexity index is 228. The van der Waals surface area contributed by atoms with Crippen molar-refractivity contribution in [1.29, 1.82) is 0 Å². The summed E-state index contributed by atoms with van der Waals surface area (Å²) in [5.41, 5.74) is 1.75. The third kappa shape index (κ3) is 3.62. The average molecular weight is 221 g/mol. The molecule has 0 spiro atoms. The van der Waals surface area contributed by atoms with E-state index in [4.69, 9.17) is 0 Å². The summed E-state index contributed by atoms with van der Waals surface area (Å²) in [6.45, 7) is 3.46. The molecular weight excluding hydrogens is 194 g/mol. The Morgan fingerprint density at radius 2 is 2.06 bits per heavy atom. The highest BCUT2D eigenvalue weighted by atomic mass is 14.9. The zero-order valence-electron chi connectivity index (χ0n) is 10.8. The van der Waals surface area contributed by atoms with Crippen LogP contribution in [0, 0.1) is 5.92 Å². The van der Waals surface area contributed by atoms with Crippen LogP contribution in [-0.4, -0.2) is 12.6 Å². The van der Waals surface area contributed by atoms with Crippen molar-refractivity contribution in [2.24, 2.45) is 5.92 Å². The topological polar surface area (TPSA) is 12.0 Å². The molecule has 1 saturated carbocycles. The van der Waals surface area contributed by atoms with Crippen LogP contribution in [0.3, 0.4) is 0 Å². The minimum atomic E-state index is 0.734. The highest BCUT2D eigenvalue weighted by Gasteiger charge is 2.32. The molecule has 2 rings (SSSR count). The molecule has 0 aromatic rings. The summed E-state index contributed by atoms with van der Waals surface area (Å²) < 4.78 is 0. The molecule has 2 aliphatic rings. The second-order valence-corrected chi connectivity index (χ2v) is 5.50. The molecule has 1 unspecified atom stereocenters. The molecule has 0 saturated heterocycles. The van der Waals surface area contributed by atoms with E-state index in [2.05, 4.69) is 18.3 Å². The van der Waals surface area contributed by atoms with Crippen molar-refractivity contribution >= 4 is 0 Å². The van der Waals surface area contributed by atoms with Gasteiger partial charge in [0.05, 0.1) is 0 Å².